The molecule has 0 bridgehead atoms. The van der Waals surface area contributed by atoms with E-state index in [-0.39, 0.29) is 11.3 Å². The number of benzene rings is 1. The van der Waals surface area contributed by atoms with E-state index < -0.39 is 0 Å². The molecule has 2 aliphatic rings. The van der Waals surface area contributed by atoms with Crippen molar-refractivity contribution in [3.63, 3.8) is 0 Å². The van der Waals surface area contributed by atoms with Crippen molar-refractivity contribution in [1.29, 1.82) is 0 Å². The molecule has 2 aromatic rings. The molecule has 0 saturated carbocycles. The molecule has 7 heteroatoms. The van der Waals surface area contributed by atoms with Gasteiger partial charge in [0.05, 0.1) is 19.8 Å². The summed E-state index contributed by atoms with van der Waals surface area (Å²) in [6, 6.07) is 8.09. The normalized spacial score (nSPS) is 21.9. The third kappa shape index (κ3) is 6.30. The van der Waals surface area contributed by atoms with E-state index in [0.717, 1.165) is 48.8 Å². The minimum atomic E-state index is -0.208. The lowest BCUT2D eigenvalue weighted by atomic mass is 9.77. The highest BCUT2D eigenvalue weighted by Crippen LogP contribution is 2.37. The van der Waals surface area contributed by atoms with Gasteiger partial charge in [-0.15, -0.1) is 11.3 Å². The highest BCUT2D eigenvalue weighted by Gasteiger charge is 2.40. The van der Waals surface area contributed by atoms with E-state index in [4.69, 9.17) is 21.1 Å². The zero-order valence-electron chi connectivity index (χ0n) is 20.0. The summed E-state index contributed by atoms with van der Waals surface area (Å²) in [6.45, 7) is 12.4. The number of carbonyl (C=O) groups excluding carboxylic acids is 1. The molecule has 1 aromatic heterocycles. The van der Waals surface area contributed by atoms with Gasteiger partial charge >= 0.3 is 0 Å². The first-order valence-electron chi connectivity index (χ1n) is 11.9. The predicted octanol–water partition coefficient (Wildman–Crippen LogP) is 5.24. The lowest BCUT2D eigenvalue weighted by Gasteiger charge is -2.43. The van der Waals surface area contributed by atoms with Crippen molar-refractivity contribution in [2.45, 2.75) is 46.6 Å². The lowest BCUT2D eigenvalue weighted by molar-refractivity contribution is -0.139. The van der Waals surface area contributed by atoms with Crippen molar-refractivity contribution in [3.05, 3.63) is 50.2 Å². The van der Waals surface area contributed by atoms with Crippen LogP contribution in [0.5, 0.6) is 5.75 Å². The van der Waals surface area contributed by atoms with Gasteiger partial charge in [0.25, 0.3) is 0 Å². The van der Waals surface area contributed by atoms with E-state index in [2.05, 4.69) is 24.8 Å². The number of amides is 1. The van der Waals surface area contributed by atoms with Crippen LogP contribution >= 0.6 is 22.9 Å². The molecule has 0 radical (unpaired) electrons. The van der Waals surface area contributed by atoms with Crippen LogP contribution in [0.4, 0.5) is 0 Å². The second-order valence-corrected chi connectivity index (χ2v) is 11.5. The number of likely N-dealkylation sites (tertiary alicyclic amines) is 1. The van der Waals surface area contributed by atoms with Crippen molar-refractivity contribution in [3.8, 4) is 5.75 Å². The van der Waals surface area contributed by atoms with E-state index >= 15 is 0 Å². The average molecular weight is 491 g/mol. The summed E-state index contributed by atoms with van der Waals surface area (Å²) in [4.78, 5) is 20.5. The Kier molecular flexibility index (Phi) is 8.00. The van der Waals surface area contributed by atoms with E-state index in [1.54, 1.807) is 0 Å². The van der Waals surface area contributed by atoms with Gasteiger partial charge in [0.15, 0.2) is 0 Å². The van der Waals surface area contributed by atoms with Crippen LogP contribution in [0.2, 0.25) is 5.02 Å². The summed E-state index contributed by atoms with van der Waals surface area (Å²) in [7, 11) is 0. The minimum Gasteiger partial charge on any atom is -0.493 e. The van der Waals surface area contributed by atoms with Crippen molar-refractivity contribution < 1.29 is 14.3 Å². The largest absolute Gasteiger partial charge is 0.493 e. The van der Waals surface area contributed by atoms with E-state index in [9.17, 15) is 4.79 Å². The molecule has 2 saturated heterocycles. The summed E-state index contributed by atoms with van der Waals surface area (Å²) in [6.07, 6.45) is 2.58. The maximum Gasteiger partial charge on any atom is 0.223 e. The number of rotatable bonds is 7. The monoisotopic (exact) mass is 490 g/mol. The summed E-state index contributed by atoms with van der Waals surface area (Å²) in [5, 5.41) is 0.741. The van der Waals surface area contributed by atoms with Crippen LogP contribution in [0.15, 0.2) is 24.3 Å². The molecule has 33 heavy (non-hydrogen) atoms. The van der Waals surface area contributed by atoms with E-state index in [1.165, 1.54) is 15.3 Å². The first kappa shape index (κ1) is 24.5. The number of aryl methyl sites for hydroxylation is 3. The molecular formula is C26H35ClN2O3S. The minimum absolute atomic E-state index is 0.208. The molecule has 2 aliphatic heterocycles. The Hall–Kier alpha value is -1.60. The number of ether oxygens (including phenoxy) is 2. The van der Waals surface area contributed by atoms with Crippen molar-refractivity contribution >= 4 is 28.8 Å². The Labute approximate surface area is 206 Å². The van der Waals surface area contributed by atoms with Crippen LogP contribution in [0.25, 0.3) is 0 Å². The third-order valence-corrected chi connectivity index (χ3v) is 8.27. The van der Waals surface area contributed by atoms with Gasteiger partial charge in [0, 0.05) is 52.8 Å². The number of carbonyl (C=O) groups is 1. The number of hydrogen-bond acceptors (Lipinski definition) is 5. The molecule has 1 amide bonds. The van der Waals surface area contributed by atoms with Crippen LogP contribution in [0.1, 0.15) is 40.1 Å². The van der Waals surface area contributed by atoms with Gasteiger partial charge in [-0.05, 0) is 75.5 Å². The molecule has 180 valence electrons. The predicted molar refractivity (Wildman–Crippen MR) is 134 cm³/mol. The number of nitrogens with zero attached hydrogens (tertiary/aromatic N) is 2. The van der Waals surface area contributed by atoms with Crippen molar-refractivity contribution in [1.82, 2.24) is 9.80 Å². The van der Waals surface area contributed by atoms with E-state index in [1.807, 2.05) is 41.4 Å². The molecule has 3 heterocycles. The van der Waals surface area contributed by atoms with Crippen LogP contribution < -0.4 is 4.74 Å². The Morgan fingerprint density at radius 1 is 1.18 bits per heavy atom. The molecule has 2 fully saturated rings. The number of hydrogen-bond donors (Lipinski definition) is 0. The smallest absolute Gasteiger partial charge is 0.223 e. The second-order valence-electron chi connectivity index (χ2n) is 9.62. The number of thiophene rings is 1. The standard InChI is InChI=1S/C26H35ClN2O3S/c1-19-13-23(5-6-24(19)27)32-18-26(15-25(30)29-9-11-31-12-10-29)7-4-8-28(17-26)16-22-14-20(2)33-21(22)3/h5-6,13-14H,4,7-12,15-18H2,1-3H3/t26-/m1/s1. The van der Waals surface area contributed by atoms with Crippen molar-refractivity contribution in [2.75, 3.05) is 46.0 Å². The van der Waals surface area contributed by atoms with Crippen LogP contribution in [-0.2, 0) is 16.1 Å². The fourth-order valence-corrected chi connectivity index (χ4v) is 6.08. The van der Waals surface area contributed by atoms with E-state index in [0.29, 0.717) is 39.3 Å². The fraction of sp³-hybridized carbons (Fsp3) is 0.577. The topological polar surface area (TPSA) is 42.0 Å². The van der Waals surface area contributed by atoms with Gasteiger partial charge in [-0.3, -0.25) is 9.69 Å². The van der Waals surface area contributed by atoms with Gasteiger partial charge in [-0.25, -0.2) is 0 Å². The first-order valence-corrected chi connectivity index (χ1v) is 13.1. The molecule has 5 nitrogen and oxygen atoms in total. The summed E-state index contributed by atoms with van der Waals surface area (Å²) >= 11 is 8.06. The Balaban J connectivity index is 1.50. The molecule has 0 N–H and O–H groups in total. The highest BCUT2D eigenvalue weighted by molar-refractivity contribution is 7.12. The third-order valence-electron chi connectivity index (χ3n) is 6.84. The average Bonchev–Trinajstić information content (AvgIpc) is 3.12. The number of piperidine rings is 1. The van der Waals surface area contributed by atoms with Gasteiger partial charge in [-0.2, -0.15) is 0 Å². The summed E-state index contributed by atoms with van der Waals surface area (Å²) in [5.41, 5.74) is 2.20. The summed E-state index contributed by atoms with van der Waals surface area (Å²) in [5.74, 6) is 1.04. The van der Waals surface area contributed by atoms with Crippen LogP contribution in [-0.4, -0.2) is 61.7 Å². The first-order chi connectivity index (χ1) is 15.8. The Morgan fingerprint density at radius 3 is 2.67 bits per heavy atom. The van der Waals surface area contributed by atoms with Gasteiger partial charge in [0.1, 0.15) is 5.75 Å². The maximum atomic E-state index is 13.3. The zero-order valence-corrected chi connectivity index (χ0v) is 21.6. The lowest BCUT2D eigenvalue weighted by Crippen LogP contribution is -2.50. The molecular weight excluding hydrogens is 456 g/mol. The van der Waals surface area contributed by atoms with Gasteiger partial charge in [0.2, 0.25) is 5.91 Å². The molecule has 0 spiro atoms. The fourth-order valence-electron chi connectivity index (χ4n) is 5.03. The number of morpholine rings is 1. The molecule has 4 rings (SSSR count). The second kappa shape index (κ2) is 10.8. The van der Waals surface area contributed by atoms with Gasteiger partial charge < -0.3 is 14.4 Å². The quantitative estimate of drug-likeness (QED) is 0.532. The number of halogens is 1. The van der Waals surface area contributed by atoms with Crippen molar-refractivity contribution in [2.24, 2.45) is 5.41 Å². The SMILES string of the molecule is Cc1cc(CN2CCC[C@@](COc3ccc(Cl)c(C)c3)(CC(=O)N3CCOCC3)C2)c(C)s1. The van der Waals surface area contributed by atoms with Gasteiger partial charge in [-0.1, -0.05) is 11.6 Å². The van der Waals surface area contributed by atoms with Crippen LogP contribution in [0.3, 0.4) is 0 Å². The maximum absolute atomic E-state index is 13.3. The molecule has 1 aromatic carbocycles. The Morgan fingerprint density at radius 2 is 1.97 bits per heavy atom. The zero-order chi connectivity index (χ0) is 23.4. The molecule has 0 unspecified atom stereocenters. The highest BCUT2D eigenvalue weighted by atomic mass is 35.5. The molecule has 1 atom stereocenters. The van der Waals surface area contributed by atoms with Crippen LogP contribution in [0, 0.1) is 26.2 Å². The molecule has 0 aliphatic carbocycles. The Bertz CT molecular complexity index is 972. The summed E-state index contributed by atoms with van der Waals surface area (Å²) < 4.78 is 11.8.